The smallest absolute Gasteiger partial charge is 0.253 e. The molecule has 9 heteroatoms. The fourth-order valence-corrected chi connectivity index (χ4v) is 3.98. The third-order valence-electron chi connectivity index (χ3n) is 4.14. The van der Waals surface area contributed by atoms with Crippen LogP contribution in [-0.2, 0) is 24.3 Å². The van der Waals surface area contributed by atoms with Crippen molar-refractivity contribution < 1.29 is 27.1 Å². The van der Waals surface area contributed by atoms with Crippen molar-refractivity contribution in [2.45, 2.75) is 12.5 Å². The highest BCUT2D eigenvalue weighted by atomic mass is 32.2. The Morgan fingerprint density at radius 2 is 2.17 bits per heavy atom. The highest BCUT2D eigenvalue weighted by Crippen LogP contribution is 2.28. The number of hydrogen-bond donors (Lipinski definition) is 0. The molecule has 0 bridgehead atoms. The Morgan fingerprint density at radius 1 is 1.35 bits per heavy atom. The molecule has 2 saturated heterocycles. The minimum absolute atomic E-state index is 0.0213. The van der Waals surface area contributed by atoms with Crippen molar-refractivity contribution in [3.8, 4) is 0 Å². The summed E-state index contributed by atoms with van der Waals surface area (Å²) in [4.78, 5) is 13.7. The Hall–Kier alpha value is -1.42. The van der Waals surface area contributed by atoms with E-state index in [1.54, 1.807) is 17.9 Å². The largest absolute Gasteiger partial charge is 0.470 e. The third kappa shape index (κ3) is 3.27. The Kier molecular flexibility index (Phi) is 4.45. The average molecular weight is 344 g/mol. The van der Waals surface area contributed by atoms with Gasteiger partial charge in [-0.1, -0.05) is 0 Å². The molecule has 8 nitrogen and oxygen atoms in total. The van der Waals surface area contributed by atoms with Crippen LogP contribution in [0, 0.1) is 0 Å². The van der Waals surface area contributed by atoms with Gasteiger partial charge in [-0.05, 0) is 6.92 Å². The summed E-state index contributed by atoms with van der Waals surface area (Å²) in [6.45, 7) is 2.73. The summed E-state index contributed by atoms with van der Waals surface area (Å²) in [5, 5.41) is 0. The van der Waals surface area contributed by atoms with Gasteiger partial charge in [0.05, 0.1) is 37.5 Å². The summed E-state index contributed by atoms with van der Waals surface area (Å²) in [7, 11) is -3.35. The molecule has 0 aromatic carbocycles. The van der Waals surface area contributed by atoms with Crippen molar-refractivity contribution in [2.24, 2.45) is 0 Å². The van der Waals surface area contributed by atoms with E-state index in [0.717, 1.165) is 0 Å². The molecule has 0 radical (unpaired) electrons. The predicted octanol–water partition coefficient (Wildman–Crippen LogP) is 0.0635. The van der Waals surface area contributed by atoms with Crippen molar-refractivity contribution >= 4 is 21.6 Å². The van der Waals surface area contributed by atoms with Gasteiger partial charge in [-0.3, -0.25) is 4.79 Å². The molecule has 0 saturated carbocycles. The highest BCUT2D eigenvalue weighted by molar-refractivity contribution is 7.89. The lowest BCUT2D eigenvalue weighted by Gasteiger charge is -2.42. The van der Waals surface area contributed by atoms with E-state index >= 15 is 0 Å². The van der Waals surface area contributed by atoms with Crippen LogP contribution in [0.3, 0.4) is 0 Å². The fourth-order valence-electron chi connectivity index (χ4n) is 2.83. The molecular weight excluding hydrogens is 324 g/mol. The normalized spacial score (nSPS) is 27.3. The van der Waals surface area contributed by atoms with E-state index in [9.17, 15) is 13.2 Å². The number of rotatable bonds is 3. The van der Waals surface area contributed by atoms with Gasteiger partial charge in [-0.2, -0.15) is 4.31 Å². The molecule has 0 N–H and O–H groups in total. The van der Waals surface area contributed by atoms with Crippen LogP contribution >= 0.6 is 0 Å². The minimum Gasteiger partial charge on any atom is -0.470 e. The summed E-state index contributed by atoms with van der Waals surface area (Å²) >= 11 is 0. The average Bonchev–Trinajstić information content (AvgIpc) is 2.99. The van der Waals surface area contributed by atoms with E-state index < -0.39 is 15.6 Å². The van der Waals surface area contributed by atoms with Crippen LogP contribution in [0.25, 0.3) is 0 Å². The number of hydrogen-bond acceptors (Lipinski definition) is 6. The Labute approximate surface area is 135 Å². The van der Waals surface area contributed by atoms with E-state index in [0.29, 0.717) is 18.8 Å². The molecule has 3 heterocycles. The Balaban J connectivity index is 1.86. The second-order valence-corrected chi connectivity index (χ2v) is 7.98. The molecule has 128 valence electrons. The van der Waals surface area contributed by atoms with Crippen molar-refractivity contribution in [1.82, 2.24) is 4.31 Å². The number of sulfonamides is 1. The number of anilines is 1. The number of amides is 1. The highest BCUT2D eigenvalue weighted by Gasteiger charge is 2.45. The first kappa shape index (κ1) is 16.4. The van der Waals surface area contributed by atoms with Crippen LogP contribution in [0.5, 0.6) is 0 Å². The van der Waals surface area contributed by atoms with Gasteiger partial charge < -0.3 is 18.8 Å². The van der Waals surface area contributed by atoms with Gasteiger partial charge in [0.25, 0.3) is 5.91 Å². The summed E-state index contributed by atoms with van der Waals surface area (Å²) < 4.78 is 42.2. The van der Waals surface area contributed by atoms with E-state index in [2.05, 4.69) is 0 Å². The van der Waals surface area contributed by atoms with Gasteiger partial charge in [-0.15, -0.1) is 0 Å². The van der Waals surface area contributed by atoms with Crippen LogP contribution in [0.15, 0.2) is 23.0 Å². The third-order valence-corrected chi connectivity index (χ3v) is 5.97. The zero-order chi connectivity index (χ0) is 16.5. The zero-order valence-electron chi connectivity index (χ0n) is 12.9. The number of furan rings is 1. The summed E-state index contributed by atoms with van der Waals surface area (Å²) in [5.41, 5.74) is -0.240. The van der Waals surface area contributed by atoms with Crippen LogP contribution < -0.4 is 4.90 Å². The van der Waals surface area contributed by atoms with Crippen LogP contribution in [0.1, 0.15) is 6.92 Å². The molecule has 1 amide bonds. The van der Waals surface area contributed by atoms with Crippen molar-refractivity contribution in [1.29, 1.82) is 0 Å². The maximum Gasteiger partial charge on any atom is 0.253 e. The quantitative estimate of drug-likeness (QED) is 0.770. The molecule has 2 fully saturated rings. The first-order chi connectivity index (χ1) is 11.0. The maximum absolute atomic E-state index is 12.2. The van der Waals surface area contributed by atoms with Gasteiger partial charge in [-0.25, -0.2) is 8.42 Å². The van der Waals surface area contributed by atoms with Crippen molar-refractivity contribution in [3.63, 3.8) is 0 Å². The van der Waals surface area contributed by atoms with Crippen molar-refractivity contribution in [3.05, 3.63) is 18.6 Å². The first-order valence-corrected chi connectivity index (χ1v) is 9.09. The fraction of sp³-hybridized carbons (Fsp3) is 0.643. The molecule has 1 unspecified atom stereocenters. The molecule has 0 aliphatic carbocycles. The summed E-state index contributed by atoms with van der Waals surface area (Å²) in [5.74, 6) is -0.167. The second-order valence-electron chi connectivity index (χ2n) is 5.72. The summed E-state index contributed by atoms with van der Waals surface area (Å²) in [6.07, 6.45) is 2.97. The molecule has 1 aromatic rings. The SMILES string of the molecule is CCS(=O)(=O)N1CCOCC2(CN(c3ccoc3)C(=O)CO2)C1. The van der Waals surface area contributed by atoms with E-state index in [-0.39, 0.29) is 38.0 Å². The lowest BCUT2D eigenvalue weighted by Crippen LogP contribution is -2.61. The predicted molar refractivity (Wildman–Crippen MR) is 81.6 cm³/mol. The zero-order valence-corrected chi connectivity index (χ0v) is 13.8. The van der Waals surface area contributed by atoms with Crippen LogP contribution in [-0.4, -0.2) is 69.4 Å². The van der Waals surface area contributed by atoms with Crippen molar-refractivity contribution in [2.75, 3.05) is 50.1 Å². The minimum atomic E-state index is -3.35. The number of carbonyl (C=O) groups excluding carboxylic acids is 1. The monoisotopic (exact) mass is 344 g/mol. The lowest BCUT2D eigenvalue weighted by atomic mass is 10.0. The Morgan fingerprint density at radius 3 is 2.87 bits per heavy atom. The van der Waals surface area contributed by atoms with E-state index in [1.807, 2.05) is 0 Å². The molecule has 23 heavy (non-hydrogen) atoms. The van der Waals surface area contributed by atoms with Gasteiger partial charge in [0.2, 0.25) is 10.0 Å². The van der Waals surface area contributed by atoms with Gasteiger partial charge in [0.15, 0.2) is 0 Å². The molecule has 1 spiro atoms. The van der Waals surface area contributed by atoms with E-state index in [1.165, 1.54) is 16.8 Å². The summed E-state index contributed by atoms with van der Waals surface area (Å²) in [6, 6.07) is 1.69. The molecular formula is C14H20N2O6S. The van der Waals surface area contributed by atoms with Crippen LogP contribution in [0.2, 0.25) is 0 Å². The number of morpholine rings is 1. The lowest BCUT2D eigenvalue weighted by molar-refractivity contribution is -0.145. The topological polar surface area (TPSA) is 89.3 Å². The first-order valence-electron chi connectivity index (χ1n) is 7.48. The van der Waals surface area contributed by atoms with Crippen LogP contribution in [0.4, 0.5) is 5.69 Å². The molecule has 2 aliphatic heterocycles. The number of nitrogens with zero attached hydrogens (tertiary/aromatic N) is 2. The molecule has 1 aromatic heterocycles. The number of carbonyl (C=O) groups is 1. The Bertz CT molecular complexity index is 659. The maximum atomic E-state index is 12.2. The number of ether oxygens (including phenoxy) is 2. The van der Waals surface area contributed by atoms with Gasteiger partial charge in [0, 0.05) is 19.2 Å². The van der Waals surface area contributed by atoms with Gasteiger partial charge >= 0.3 is 0 Å². The molecule has 2 aliphatic rings. The molecule has 1 atom stereocenters. The second kappa shape index (κ2) is 6.23. The van der Waals surface area contributed by atoms with E-state index in [4.69, 9.17) is 13.9 Å². The standard InChI is InChI=1S/C14H20N2O6S/c1-2-23(18,19)15-4-6-21-11-14(9-15)10-16(13(17)8-22-14)12-3-5-20-7-12/h3,5,7H,2,4,6,8-11H2,1H3. The van der Waals surface area contributed by atoms with Gasteiger partial charge in [0.1, 0.15) is 18.5 Å². The molecule has 3 rings (SSSR count).